The number of carbonyl (C=O) groups is 1. The van der Waals surface area contributed by atoms with Gasteiger partial charge < -0.3 is 9.47 Å². The number of hydrogen-bond acceptors (Lipinski definition) is 6. The van der Waals surface area contributed by atoms with E-state index in [1.807, 2.05) is 11.8 Å². The van der Waals surface area contributed by atoms with E-state index in [1.165, 1.54) is 53.0 Å². The summed E-state index contributed by atoms with van der Waals surface area (Å²) >= 11 is 1.87. The smallest absolute Gasteiger partial charge is 0.305 e. The first-order valence-corrected chi connectivity index (χ1v) is 15.0. The van der Waals surface area contributed by atoms with E-state index < -0.39 is 0 Å². The summed E-state index contributed by atoms with van der Waals surface area (Å²) in [4.78, 5) is 19.9. The third-order valence-corrected chi connectivity index (χ3v) is 8.89. The zero-order valence-electron chi connectivity index (χ0n) is 22.8. The lowest BCUT2D eigenvalue weighted by atomic mass is 9.96. The predicted molar refractivity (Wildman–Crippen MR) is 152 cm³/mol. The Labute approximate surface area is 227 Å². The van der Waals surface area contributed by atoms with Crippen molar-refractivity contribution < 1.29 is 14.3 Å². The molecule has 37 heavy (non-hydrogen) atoms. The summed E-state index contributed by atoms with van der Waals surface area (Å²) in [6, 6.07) is 15.7. The molecular formula is C31H44N2O3S. The van der Waals surface area contributed by atoms with E-state index in [1.54, 1.807) is 7.11 Å². The second kappa shape index (κ2) is 14.8. The molecule has 1 atom stereocenters. The third-order valence-electron chi connectivity index (χ3n) is 7.68. The Bertz CT molecular complexity index is 990. The molecule has 202 valence electrons. The van der Waals surface area contributed by atoms with Crippen molar-refractivity contribution in [3.8, 4) is 5.75 Å². The summed E-state index contributed by atoms with van der Waals surface area (Å²) in [5.41, 5.74) is 2.79. The van der Waals surface area contributed by atoms with Gasteiger partial charge >= 0.3 is 5.97 Å². The molecule has 1 saturated heterocycles. The topological polar surface area (TPSA) is 42.0 Å². The van der Waals surface area contributed by atoms with Crippen molar-refractivity contribution in [3.05, 3.63) is 53.6 Å². The van der Waals surface area contributed by atoms with Crippen molar-refractivity contribution in [2.24, 2.45) is 0 Å². The molecular weight excluding hydrogens is 480 g/mol. The maximum atomic E-state index is 12.1. The van der Waals surface area contributed by atoms with Gasteiger partial charge in [-0.15, -0.1) is 0 Å². The highest BCUT2D eigenvalue weighted by Gasteiger charge is 2.30. The number of rotatable bonds is 13. The van der Waals surface area contributed by atoms with Crippen molar-refractivity contribution in [1.82, 2.24) is 9.80 Å². The van der Waals surface area contributed by atoms with Crippen LogP contribution in [-0.2, 0) is 16.0 Å². The average Bonchev–Trinajstić information content (AvgIpc) is 3.09. The van der Waals surface area contributed by atoms with Crippen molar-refractivity contribution in [1.29, 1.82) is 0 Å². The number of methoxy groups -OCH3 is 1. The number of hydrogen-bond donors (Lipinski definition) is 0. The van der Waals surface area contributed by atoms with Crippen LogP contribution in [0, 0.1) is 0 Å². The van der Waals surface area contributed by atoms with Gasteiger partial charge in [-0.25, -0.2) is 0 Å². The van der Waals surface area contributed by atoms with Crippen LogP contribution in [-0.4, -0.2) is 62.2 Å². The van der Waals surface area contributed by atoms with Crippen LogP contribution in [0.1, 0.15) is 75.5 Å². The third kappa shape index (κ3) is 8.23. The molecule has 2 aromatic rings. The number of esters is 1. The maximum absolute atomic E-state index is 12.1. The lowest BCUT2D eigenvalue weighted by molar-refractivity contribution is -0.144. The van der Waals surface area contributed by atoms with Crippen LogP contribution < -0.4 is 4.74 Å². The molecule has 0 aromatic heterocycles. The van der Waals surface area contributed by atoms with E-state index in [9.17, 15) is 4.79 Å². The fourth-order valence-corrected chi connectivity index (χ4v) is 6.54. The van der Waals surface area contributed by atoms with Gasteiger partial charge in [-0.05, 0) is 48.2 Å². The van der Waals surface area contributed by atoms with Gasteiger partial charge in [-0.1, -0.05) is 75.4 Å². The Hall–Kier alpha value is -2.02. The summed E-state index contributed by atoms with van der Waals surface area (Å²) in [5.74, 6) is 0.889. The van der Waals surface area contributed by atoms with E-state index >= 15 is 0 Å². The highest BCUT2D eigenvalue weighted by Crippen LogP contribution is 2.44. The molecule has 0 radical (unpaired) electrons. The van der Waals surface area contributed by atoms with Crippen molar-refractivity contribution >= 4 is 17.7 Å². The Morgan fingerprint density at radius 3 is 2.49 bits per heavy atom. The fraction of sp³-hybridized carbons (Fsp3) is 0.581. The number of nitrogens with zero attached hydrogens (tertiary/aromatic N) is 2. The molecule has 0 amide bonds. The molecule has 2 aliphatic heterocycles. The predicted octanol–water partition coefficient (Wildman–Crippen LogP) is 6.75. The minimum atomic E-state index is -0.0348. The van der Waals surface area contributed by atoms with Crippen LogP contribution in [0.2, 0.25) is 0 Å². The second-order valence-electron chi connectivity index (χ2n) is 10.3. The molecule has 0 unspecified atom stereocenters. The molecule has 2 aliphatic rings. The van der Waals surface area contributed by atoms with Gasteiger partial charge in [0.05, 0.1) is 7.11 Å². The van der Waals surface area contributed by atoms with Crippen LogP contribution in [0.25, 0.3) is 0 Å². The van der Waals surface area contributed by atoms with Gasteiger partial charge in [0.15, 0.2) is 0 Å². The Kier molecular flexibility index (Phi) is 11.2. The standard InChI is InChI=1S/C31H44N2O3S/c1-3-4-5-6-7-8-9-14-31(34)36-22-21-32-17-19-33(20-18-32)28-23-25-12-10-11-13-29(25)37-30-16-15-26(35-2)24-27(28)30/h10-13,15-16,24,28H,3-9,14,17-23H2,1-2H3/t28-/m1/s1. The van der Waals surface area contributed by atoms with Crippen LogP contribution >= 0.6 is 11.8 Å². The number of ether oxygens (including phenoxy) is 2. The van der Waals surface area contributed by atoms with Crippen LogP contribution in [0.5, 0.6) is 5.75 Å². The van der Waals surface area contributed by atoms with Crippen LogP contribution in [0.4, 0.5) is 0 Å². The van der Waals surface area contributed by atoms with E-state index in [0.29, 0.717) is 19.1 Å². The summed E-state index contributed by atoms with van der Waals surface area (Å²) in [6.45, 7) is 7.59. The number of carbonyl (C=O) groups excluding carboxylic acids is 1. The average molecular weight is 525 g/mol. The minimum Gasteiger partial charge on any atom is -0.497 e. The normalized spacial score (nSPS) is 18.1. The van der Waals surface area contributed by atoms with E-state index in [-0.39, 0.29) is 5.97 Å². The molecule has 0 aliphatic carbocycles. The molecule has 2 heterocycles. The molecule has 1 fully saturated rings. The molecule has 0 saturated carbocycles. The zero-order chi connectivity index (χ0) is 25.9. The number of fused-ring (bicyclic) bond motifs is 2. The van der Waals surface area contributed by atoms with Crippen molar-refractivity contribution in [3.63, 3.8) is 0 Å². The first-order chi connectivity index (χ1) is 18.2. The minimum absolute atomic E-state index is 0.0348. The van der Waals surface area contributed by atoms with Gasteiger partial charge in [0.25, 0.3) is 0 Å². The monoisotopic (exact) mass is 524 g/mol. The molecule has 6 heteroatoms. The molecule has 0 N–H and O–H groups in total. The van der Waals surface area contributed by atoms with Gasteiger partial charge in [0.1, 0.15) is 12.4 Å². The SMILES string of the molecule is CCCCCCCCCC(=O)OCCN1CCN([C@@H]2Cc3ccccc3Sc3ccc(OC)cc32)CC1. The highest BCUT2D eigenvalue weighted by atomic mass is 32.2. The lowest BCUT2D eigenvalue weighted by Gasteiger charge is -2.39. The van der Waals surface area contributed by atoms with Crippen LogP contribution in [0.15, 0.2) is 52.3 Å². The van der Waals surface area contributed by atoms with Crippen LogP contribution in [0.3, 0.4) is 0 Å². The zero-order valence-corrected chi connectivity index (χ0v) is 23.6. The Balaban J connectivity index is 1.23. The molecule has 0 bridgehead atoms. The number of piperazine rings is 1. The summed E-state index contributed by atoms with van der Waals surface area (Å²) < 4.78 is 11.1. The van der Waals surface area contributed by atoms with Gasteiger partial charge in [0.2, 0.25) is 0 Å². The van der Waals surface area contributed by atoms with Gasteiger partial charge in [-0.3, -0.25) is 14.6 Å². The maximum Gasteiger partial charge on any atom is 0.305 e. The second-order valence-corrected chi connectivity index (χ2v) is 11.4. The van der Waals surface area contributed by atoms with E-state index in [2.05, 4.69) is 59.2 Å². The number of unbranched alkanes of at least 4 members (excludes halogenated alkanes) is 6. The molecule has 4 rings (SSSR count). The van der Waals surface area contributed by atoms with Gasteiger partial charge in [-0.2, -0.15) is 0 Å². The molecule has 5 nitrogen and oxygen atoms in total. The first kappa shape index (κ1) is 28.0. The largest absolute Gasteiger partial charge is 0.497 e. The van der Waals surface area contributed by atoms with Gasteiger partial charge in [0, 0.05) is 55.0 Å². The molecule has 2 aromatic carbocycles. The Morgan fingerprint density at radius 2 is 1.70 bits per heavy atom. The summed E-state index contributed by atoms with van der Waals surface area (Å²) in [6.07, 6.45) is 10.1. The van der Waals surface area contributed by atoms with Crippen molar-refractivity contribution in [2.75, 3.05) is 46.4 Å². The van der Waals surface area contributed by atoms with E-state index in [4.69, 9.17) is 9.47 Å². The quantitative estimate of drug-likeness (QED) is 0.213. The first-order valence-electron chi connectivity index (χ1n) is 14.2. The Morgan fingerprint density at radius 1 is 0.946 bits per heavy atom. The number of benzene rings is 2. The fourth-order valence-electron chi connectivity index (χ4n) is 5.43. The van der Waals surface area contributed by atoms with E-state index in [0.717, 1.165) is 57.7 Å². The summed E-state index contributed by atoms with van der Waals surface area (Å²) in [5, 5.41) is 0. The summed E-state index contributed by atoms with van der Waals surface area (Å²) in [7, 11) is 1.75. The highest BCUT2D eigenvalue weighted by molar-refractivity contribution is 7.99. The molecule has 0 spiro atoms. The lowest BCUT2D eigenvalue weighted by Crippen LogP contribution is -2.48. The van der Waals surface area contributed by atoms with Crippen molar-refractivity contribution in [2.45, 2.75) is 80.5 Å².